The van der Waals surface area contributed by atoms with E-state index >= 15 is 0 Å². The number of pyridine rings is 1. The number of rotatable bonds is 4. The van der Waals surface area contributed by atoms with Crippen LogP contribution in [-0.2, 0) is 30.7 Å². The summed E-state index contributed by atoms with van der Waals surface area (Å²) in [7, 11) is 0. The van der Waals surface area contributed by atoms with Crippen molar-refractivity contribution in [2.24, 2.45) is 5.92 Å². The number of fused-ring (bicyclic) bond motifs is 1. The van der Waals surface area contributed by atoms with Crippen LogP contribution in [0.4, 0.5) is 0 Å². The van der Waals surface area contributed by atoms with Crippen LogP contribution >= 0.6 is 0 Å². The van der Waals surface area contributed by atoms with Gasteiger partial charge in [0.1, 0.15) is 6.54 Å². The molecule has 0 bridgehead atoms. The van der Waals surface area contributed by atoms with Gasteiger partial charge in [-0.2, -0.15) is 5.10 Å². The van der Waals surface area contributed by atoms with E-state index in [4.69, 9.17) is 0 Å². The van der Waals surface area contributed by atoms with Gasteiger partial charge >= 0.3 is 0 Å². The van der Waals surface area contributed by atoms with Crippen LogP contribution in [0.25, 0.3) is 0 Å². The third-order valence-electron chi connectivity index (χ3n) is 3.89. The predicted molar refractivity (Wildman–Crippen MR) is 79.5 cm³/mol. The summed E-state index contributed by atoms with van der Waals surface area (Å²) in [6.45, 7) is 3.05. The molecule has 2 aromatic rings. The monoisotopic (exact) mass is 284 g/mol. The minimum atomic E-state index is -0.0215. The van der Waals surface area contributed by atoms with Gasteiger partial charge < -0.3 is 5.32 Å². The largest absolute Gasteiger partial charge is 0.350 e. The van der Waals surface area contributed by atoms with Crippen LogP contribution in [0.3, 0.4) is 0 Å². The van der Waals surface area contributed by atoms with Crippen LogP contribution in [0.2, 0.25) is 0 Å². The third-order valence-corrected chi connectivity index (χ3v) is 3.89. The first-order valence-electron chi connectivity index (χ1n) is 7.41. The van der Waals surface area contributed by atoms with Gasteiger partial charge in [0.15, 0.2) is 0 Å². The second-order valence-electron chi connectivity index (χ2n) is 5.78. The number of nitrogens with one attached hydrogen (secondary N) is 1. The number of amides is 1. The first-order chi connectivity index (χ1) is 10.2. The summed E-state index contributed by atoms with van der Waals surface area (Å²) in [5.74, 6) is 0.696. The van der Waals surface area contributed by atoms with Crippen LogP contribution in [0.15, 0.2) is 30.7 Å². The standard InChI is InChI=1S/C16H20N4O/c1-12-4-5-15-14(7-12)10-20(19-15)11-16(21)18-9-13-3-2-6-17-8-13/h2-3,6,8,10,12H,4-5,7,9,11H2,1H3,(H,18,21). The fourth-order valence-electron chi connectivity index (χ4n) is 2.73. The Morgan fingerprint density at radius 1 is 1.52 bits per heavy atom. The van der Waals surface area contributed by atoms with E-state index in [-0.39, 0.29) is 12.5 Å². The Morgan fingerprint density at radius 2 is 2.43 bits per heavy atom. The normalized spacial score (nSPS) is 17.3. The highest BCUT2D eigenvalue weighted by Crippen LogP contribution is 2.23. The van der Waals surface area contributed by atoms with E-state index in [1.165, 1.54) is 12.0 Å². The van der Waals surface area contributed by atoms with Crippen molar-refractivity contribution in [3.05, 3.63) is 47.5 Å². The molecule has 1 aliphatic rings. The van der Waals surface area contributed by atoms with Crippen molar-refractivity contribution in [3.8, 4) is 0 Å². The molecule has 2 aromatic heterocycles. The average molecular weight is 284 g/mol. The Hall–Kier alpha value is -2.17. The Labute approximate surface area is 124 Å². The zero-order valence-electron chi connectivity index (χ0n) is 12.2. The number of aromatic nitrogens is 3. The molecule has 3 rings (SSSR count). The minimum absolute atomic E-state index is 0.0215. The molecule has 0 fully saturated rings. The number of carbonyl (C=O) groups excluding carboxylic acids is 1. The summed E-state index contributed by atoms with van der Waals surface area (Å²) in [5, 5.41) is 7.42. The molecule has 0 aliphatic heterocycles. The number of nitrogens with zero attached hydrogens (tertiary/aromatic N) is 3. The van der Waals surface area contributed by atoms with Crippen molar-refractivity contribution < 1.29 is 4.79 Å². The molecule has 1 N–H and O–H groups in total. The molecular formula is C16H20N4O. The van der Waals surface area contributed by atoms with Crippen LogP contribution in [0.5, 0.6) is 0 Å². The lowest BCUT2D eigenvalue weighted by atomic mass is 9.89. The Kier molecular flexibility index (Phi) is 3.99. The van der Waals surface area contributed by atoms with Gasteiger partial charge in [-0.1, -0.05) is 13.0 Å². The highest BCUT2D eigenvalue weighted by Gasteiger charge is 2.19. The van der Waals surface area contributed by atoms with E-state index in [1.807, 2.05) is 18.3 Å². The molecular weight excluding hydrogens is 264 g/mol. The van der Waals surface area contributed by atoms with Gasteiger partial charge in [0.05, 0.1) is 5.69 Å². The van der Waals surface area contributed by atoms with Gasteiger partial charge in [-0.3, -0.25) is 14.5 Å². The van der Waals surface area contributed by atoms with E-state index in [2.05, 4.69) is 22.3 Å². The maximum absolute atomic E-state index is 12.0. The summed E-state index contributed by atoms with van der Waals surface area (Å²) in [6, 6.07) is 3.81. The van der Waals surface area contributed by atoms with Gasteiger partial charge in [-0.05, 0) is 42.4 Å². The van der Waals surface area contributed by atoms with Crippen molar-refractivity contribution in [2.75, 3.05) is 0 Å². The molecule has 1 aliphatic carbocycles. The molecule has 0 saturated heterocycles. The van der Waals surface area contributed by atoms with Gasteiger partial charge in [0.25, 0.3) is 0 Å². The van der Waals surface area contributed by atoms with Gasteiger partial charge in [-0.15, -0.1) is 0 Å². The lowest BCUT2D eigenvalue weighted by Gasteiger charge is -2.15. The number of hydrogen-bond donors (Lipinski definition) is 1. The summed E-state index contributed by atoms with van der Waals surface area (Å²) in [4.78, 5) is 16.0. The van der Waals surface area contributed by atoms with E-state index in [0.29, 0.717) is 6.54 Å². The van der Waals surface area contributed by atoms with Crippen molar-refractivity contribution >= 4 is 5.91 Å². The summed E-state index contributed by atoms with van der Waals surface area (Å²) >= 11 is 0. The zero-order chi connectivity index (χ0) is 14.7. The second-order valence-corrected chi connectivity index (χ2v) is 5.78. The Bertz CT molecular complexity index is 620. The molecule has 2 heterocycles. The molecule has 0 aromatic carbocycles. The van der Waals surface area contributed by atoms with Crippen molar-refractivity contribution in [1.82, 2.24) is 20.1 Å². The molecule has 5 nitrogen and oxygen atoms in total. The van der Waals surface area contributed by atoms with Crippen molar-refractivity contribution in [3.63, 3.8) is 0 Å². The highest BCUT2D eigenvalue weighted by molar-refractivity contribution is 5.75. The summed E-state index contributed by atoms with van der Waals surface area (Å²) in [5.41, 5.74) is 3.46. The third kappa shape index (κ3) is 3.48. The topological polar surface area (TPSA) is 59.8 Å². The average Bonchev–Trinajstić information content (AvgIpc) is 2.87. The molecule has 1 amide bonds. The quantitative estimate of drug-likeness (QED) is 0.930. The molecule has 1 atom stereocenters. The van der Waals surface area contributed by atoms with Crippen molar-refractivity contribution in [2.45, 2.75) is 39.3 Å². The molecule has 110 valence electrons. The molecule has 0 radical (unpaired) electrons. The lowest BCUT2D eigenvalue weighted by Crippen LogP contribution is -2.27. The SMILES string of the molecule is CC1CCc2nn(CC(=O)NCc3cccnc3)cc2C1. The van der Waals surface area contributed by atoms with Crippen LogP contribution < -0.4 is 5.32 Å². The smallest absolute Gasteiger partial charge is 0.241 e. The van der Waals surface area contributed by atoms with Gasteiger partial charge in [0.2, 0.25) is 5.91 Å². The second kappa shape index (κ2) is 6.08. The number of hydrogen-bond acceptors (Lipinski definition) is 3. The highest BCUT2D eigenvalue weighted by atomic mass is 16.2. The van der Waals surface area contributed by atoms with E-state index in [9.17, 15) is 4.79 Å². The number of aryl methyl sites for hydroxylation is 1. The van der Waals surface area contributed by atoms with E-state index in [0.717, 1.165) is 30.0 Å². The first-order valence-corrected chi connectivity index (χ1v) is 7.41. The van der Waals surface area contributed by atoms with E-state index < -0.39 is 0 Å². The maximum atomic E-state index is 12.0. The summed E-state index contributed by atoms with van der Waals surface area (Å²) < 4.78 is 1.77. The molecule has 5 heteroatoms. The molecule has 1 unspecified atom stereocenters. The maximum Gasteiger partial charge on any atom is 0.241 e. The van der Waals surface area contributed by atoms with Gasteiger partial charge in [-0.25, -0.2) is 0 Å². The molecule has 21 heavy (non-hydrogen) atoms. The van der Waals surface area contributed by atoms with Crippen LogP contribution in [0.1, 0.15) is 30.2 Å². The van der Waals surface area contributed by atoms with Gasteiger partial charge in [0, 0.05) is 25.1 Å². The van der Waals surface area contributed by atoms with Crippen LogP contribution in [-0.4, -0.2) is 20.7 Å². The minimum Gasteiger partial charge on any atom is -0.350 e. The Balaban J connectivity index is 1.55. The summed E-state index contributed by atoms with van der Waals surface area (Å²) in [6.07, 6.45) is 8.80. The molecule has 0 spiro atoms. The Morgan fingerprint density at radius 3 is 3.24 bits per heavy atom. The number of carbonyl (C=O) groups is 1. The van der Waals surface area contributed by atoms with Crippen LogP contribution in [0, 0.1) is 5.92 Å². The fourth-order valence-corrected chi connectivity index (χ4v) is 2.73. The predicted octanol–water partition coefficient (Wildman–Crippen LogP) is 1.72. The fraction of sp³-hybridized carbons (Fsp3) is 0.438. The lowest BCUT2D eigenvalue weighted by molar-refractivity contribution is -0.122. The van der Waals surface area contributed by atoms with E-state index in [1.54, 1.807) is 17.1 Å². The molecule has 0 saturated carbocycles. The first kappa shape index (κ1) is 13.8. The van der Waals surface area contributed by atoms with Crippen molar-refractivity contribution in [1.29, 1.82) is 0 Å². The zero-order valence-corrected chi connectivity index (χ0v) is 12.2.